The van der Waals surface area contributed by atoms with Crippen LogP contribution in [-0.4, -0.2) is 27.0 Å². The van der Waals surface area contributed by atoms with Gasteiger partial charge in [0, 0.05) is 42.5 Å². The summed E-state index contributed by atoms with van der Waals surface area (Å²) in [6, 6.07) is 21.5. The number of halogens is 1. The first-order valence-electron chi connectivity index (χ1n) is 10.8. The van der Waals surface area contributed by atoms with Crippen LogP contribution in [0.4, 0.5) is 17.5 Å². The summed E-state index contributed by atoms with van der Waals surface area (Å²) < 4.78 is 0. The van der Waals surface area contributed by atoms with Crippen LogP contribution < -0.4 is 16.4 Å². The first-order valence-corrected chi connectivity index (χ1v) is 11.1. The van der Waals surface area contributed by atoms with Gasteiger partial charge in [-0.25, -0.2) is 15.0 Å². The van der Waals surface area contributed by atoms with E-state index in [9.17, 15) is 0 Å². The molecular formula is C26H22ClN7. The topological polar surface area (TPSA) is 102 Å². The van der Waals surface area contributed by atoms with Crippen molar-refractivity contribution in [3.8, 4) is 22.5 Å². The number of hydrogen-bond donors (Lipinski definition) is 3. The van der Waals surface area contributed by atoms with Crippen molar-refractivity contribution in [2.45, 2.75) is 6.54 Å². The lowest BCUT2D eigenvalue weighted by Gasteiger charge is -2.15. The Bertz CT molecular complexity index is 1450. The van der Waals surface area contributed by atoms with Gasteiger partial charge in [-0.2, -0.15) is 0 Å². The highest BCUT2D eigenvalue weighted by Gasteiger charge is 2.17. The molecular weight excluding hydrogens is 446 g/mol. The quantitative estimate of drug-likeness (QED) is 0.297. The first-order chi connectivity index (χ1) is 16.6. The monoisotopic (exact) mass is 467 g/mol. The van der Waals surface area contributed by atoms with Gasteiger partial charge in [-0.15, -0.1) is 0 Å². The van der Waals surface area contributed by atoms with Crippen LogP contribution in [0, 0.1) is 0 Å². The Morgan fingerprint density at radius 2 is 1.71 bits per heavy atom. The summed E-state index contributed by atoms with van der Waals surface area (Å²) in [4.78, 5) is 18.4. The summed E-state index contributed by atoms with van der Waals surface area (Å²) in [6.07, 6.45) is 3.53. The smallest absolute Gasteiger partial charge is 0.169 e. The van der Waals surface area contributed by atoms with E-state index in [1.165, 1.54) is 0 Å². The average molecular weight is 468 g/mol. The van der Waals surface area contributed by atoms with Crippen LogP contribution in [-0.2, 0) is 6.54 Å². The summed E-state index contributed by atoms with van der Waals surface area (Å²) in [5.74, 6) is 1.62. The lowest BCUT2D eigenvalue weighted by Crippen LogP contribution is -2.09. The second-order valence-corrected chi connectivity index (χ2v) is 8.12. The van der Waals surface area contributed by atoms with Crippen molar-refractivity contribution in [3.05, 3.63) is 89.7 Å². The van der Waals surface area contributed by atoms with Crippen LogP contribution >= 0.6 is 11.6 Å². The molecule has 0 aliphatic heterocycles. The van der Waals surface area contributed by atoms with Gasteiger partial charge in [-0.3, -0.25) is 4.98 Å². The number of aromatic nitrogens is 4. The van der Waals surface area contributed by atoms with E-state index in [-0.39, 0.29) is 0 Å². The van der Waals surface area contributed by atoms with Crippen molar-refractivity contribution in [2.75, 3.05) is 23.4 Å². The number of nitrogens with one attached hydrogen (secondary N) is 2. The van der Waals surface area contributed by atoms with Gasteiger partial charge >= 0.3 is 0 Å². The van der Waals surface area contributed by atoms with Crippen molar-refractivity contribution in [3.63, 3.8) is 0 Å². The Kier molecular flexibility index (Phi) is 5.93. The summed E-state index contributed by atoms with van der Waals surface area (Å²) >= 11 is 6.58. The van der Waals surface area contributed by atoms with E-state index in [1.807, 2.05) is 73.8 Å². The predicted octanol–water partition coefficient (Wildman–Crippen LogP) is 5.64. The normalized spacial score (nSPS) is 10.9. The van der Waals surface area contributed by atoms with E-state index in [0.29, 0.717) is 34.6 Å². The minimum Gasteiger partial charge on any atom is -0.381 e. The van der Waals surface area contributed by atoms with Gasteiger partial charge in [0.05, 0.1) is 21.9 Å². The predicted molar refractivity (Wildman–Crippen MR) is 139 cm³/mol. The van der Waals surface area contributed by atoms with Crippen LogP contribution in [0.25, 0.3) is 33.4 Å². The molecule has 0 atom stereocenters. The summed E-state index contributed by atoms with van der Waals surface area (Å²) in [6.45, 7) is 0.502. The number of hydrogen-bond acceptors (Lipinski definition) is 7. The molecule has 168 valence electrons. The van der Waals surface area contributed by atoms with Gasteiger partial charge in [0.15, 0.2) is 11.6 Å². The van der Waals surface area contributed by atoms with Crippen LogP contribution in [0.5, 0.6) is 0 Å². The molecule has 0 saturated carbocycles. The number of anilines is 3. The molecule has 0 amide bonds. The molecule has 0 bridgehead atoms. The molecule has 0 aliphatic carbocycles. The highest BCUT2D eigenvalue weighted by Crippen LogP contribution is 2.35. The molecule has 5 aromatic rings. The summed E-state index contributed by atoms with van der Waals surface area (Å²) in [5, 5.41) is 7.79. The number of benzene rings is 2. The minimum absolute atomic E-state index is 0.316. The Morgan fingerprint density at radius 1 is 0.882 bits per heavy atom. The lowest BCUT2D eigenvalue weighted by atomic mass is 10.0. The average Bonchev–Trinajstić information content (AvgIpc) is 2.88. The zero-order chi connectivity index (χ0) is 23.5. The van der Waals surface area contributed by atoms with Crippen molar-refractivity contribution < 1.29 is 0 Å². The van der Waals surface area contributed by atoms with Crippen molar-refractivity contribution in [1.82, 2.24) is 19.9 Å². The van der Waals surface area contributed by atoms with Crippen LogP contribution in [0.3, 0.4) is 0 Å². The van der Waals surface area contributed by atoms with Gasteiger partial charge in [0.2, 0.25) is 0 Å². The standard InChI is InChI=1S/C26H22ClN7/c1-29-21-10-9-16(14-31-21)15-32-26-25(28)33-23(17-6-3-2-4-7-17)24(34-26)19-12-18-8-5-11-30-22(18)20(27)13-19/h2-14H,15H2,1H3,(H2,28,33)(H,29,31)(H,32,34). The van der Waals surface area contributed by atoms with E-state index in [0.717, 1.165) is 33.4 Å². The van der Waals surface area contributed by atoms with E-state index >= 15 is 0 Å². The van der Waals surface area contributed by atoms with E-state index < -0.39 is 0 Å². The van der Waals surface area contributed by atoms with Crippen molar-refractivity contribution in [2.24, 2.45) is 0 Å². The Morgan fingerprint density at radius 3 is 2.47 bits per heavy atom. The van der Waals surface area contributed by atoms with Gasteiger partial charge in [-0.1, -0.05) is 54.1 Å². The third-order valence-corrected chi connectivity index (χ3v) is 5.73. The Labute approximate surface area is 202 Å². The maximum Gasteiger partial charge on any atom is 0.169 e. The van der Waals surface area contributed by atoms with Crippen molar-refractivity contribution in [1.29, 1.82) is 0 Å². The van der Waals surface area contributed by atoms with Gasteiger partial charge in [0.25, 0.3) is 0 Å². The number of fused-ring (bicyclic) bond motifs is 1. The van der Waals surface area contributed by atoms with Crippen LogP contribution in [0.2, 0.25) is 5.02 Å². The molecule has 2 aromatic carbocycles. The van der Waals surface area contributed by atoms with E-state index in [1.54, 1.807) is 12.4 Å². The molecule has 5 rings (SSSR count). The summed E-state index contributed by atoms with van der Waals surface area (Å²) in [7, 11) is 1.83. The maximum atomic E-state index is 6.58. The number of pyridine rings is 2. The molecule has 0 unspecified atom stereocenters. The van der Waals surface area contributed by atoms with Crippen LogP contribution in [0.1, 0.15) is 5.56 Å². The molecule has 3 heterocycles. The molecule has 34 heavy (non-hydrogen) atoms. The molecule has 0 spiro atoms. The fourth-order valence-electron chi connectivity index (χ4n) is 3.72. The van der Waals surface area contributed by atoms with E-state index in [4.69, 9.17) is 27.3 Å². The van der Waals surface area contributed by atoms with Gasteiger partial charge in [0.1, 0.15) is 5.82 Å². The lowest BCUT2D eigenvalue weighted by molar-refractivity contribution is 1.08. The highest BCUT2D eigenvalue weighted by atomic mass is 35.5. The van der Waals surface area contributed by atoms with Crippen LogP contribution in [0.15, 0.2) is 79.1 Å². The molecule has 8 heteroatoms. The number of nitrogens with two attached hydrogens (primary N) is 1. The molecule has 0 saturated heterocycles. The number of nitrogens with zero attached hydrogens (tertiary/aromatic N) is 4. The molecule has 0 aliphatic rings. The van der Waals surface area contributed by atoms with Gasteiger partial charge < -0.3 is 16.4 Å². The Balaban J connectivity index is 1.59. The van der Waals surface area contributed by atoms with E-state index in [2.05, 4.69) is 20.6 Å². The molecule has 0 fully saturated rings. The fourth-order valence-corrected chi connectivity index (χ4v) is 4.00. The molecule has 3 aromatic heterocycles. The fraction of sp³-hybridized carbons (Fsp3) is 0.0769. The first kappa shape index (κ1) is 21.6. The summed E-state index contributed by atoms with van der Waals surface area (Å²) in [5.41, 5.74) is 11.2. The third-order valence-electron chi connectivity index (χ3n) is 5.44. The molecule has 0 radical (unpaired) electrons. The highest BCUT2D eigenvalue weighted by molar-refractivity contribution is 6.35. The Hall–Kier alpha value is -4.23. The molecule has 7 nitrogen and oxygen atoms in total. The second kappa shape index (κ2) is 9.33. The van der Waals surface area contributed by atoms with Crippen molar-refractivity contribution >= 4 is 40.0 Å². The zero-order valence-electron chi connectivity index (χ0n) is 18.5. The number of nitrogen functional groups attached to an aromatic ring is 1. The molecule has 4 N–H and O–H groups in total. The third kappa shape index (κ3) is 4.33. The number of rotatable bonds is 6. The maximum absolute atomic E-state index is 6.58. The largest absolute Gasteiger partial charge is 0.381 e. The SMILES string of the molecule is CNc1ccc(CNc2nc(-c3cc(Cl)c4ncccc4c3)c(-c3ccccc3)nc2N)cn1. The second-order valence-electron chi connectivity index (χ2n) is 7.71. The van der Waals surface area contributed by atoms with Gasteiger partial charge in [-0.05, 0) is 29.8 Å². The minimum atomic E-state index is 0.316. The zero-order valence-corrected chi connectivity index (χ0v) is 19.2.